The Hall–Kier alpha value is -0.120. The van der Waals surface area contributed by atoms with Crippen molar-refractivity contribution in [2.24, 2.45) is 11.3 Å². The van der Waals surface area contributed by atoms with Gasteiger partial charge in [-0.05, 0) is 25.7 Å². The van der Waals surface area contributed by atoms with Gasteiger partial charge in [-0.25, -0.2) is 0 Å². The molecule has 0 radical (unpaired) electrons. The topological polar surface area (TPSA) is 27.7 Å². The standard InChI is InChI=1S/C16H28O3/c1-3-10-15-11-17-16(18-12-15,19-14(15)4-2)13-8-6-5-7-9-13/h13-14H,3-12H2,1-2H3. The summed E-state index contributed by atoms with van der Waals surface area (Å²) < 4.78 is 18.7. The molecule has 3 aliphatic heterocycles. The van der Waals surface area contributed by atoms with E-state index in [1.165, 1.54) is 38.5 Å². The normalized spacial score (nSPS) is 43.6. The molecule has 1 aliphatic carbocycles. The van der Waals surface area contributed by atoms with Gasteiger partial charge in [0, 0.05) is 11.3 Å². The van der Waals surface area contributed by atoms with Gasteiger partial charge in [0.1, 0.15) is 0 Å². The van der Waals surface area contributed by atoms with Crippen molar-refractivity contribution in [2.75, 3.05) is 13.2 Å². The number of rotatable bonds is 4. The molecule has 4 aliphatic rings. The Morgan fingerprint density at radius 3 is 2.26 bits per heavy atom. The van der Waals surface area contributed by atoms with Gasteiger partial charge in [0.15, 0.2) is 0 Å². The molecule has 3 heterocycles. The van der Waals surface area contributed by atoms with Crippen molar-refractivity contribution in [1.82, 2.24) is 0 Å². The van der Waals surface area contributed by atoms with E-state index < -0.39 is 5.97 Å². The zero-order chi connectivity index (χ0) is 13.3. The Bertz CT molecular complexity index is 301. The predicted octanol–water partition coefficient (Wildman–Crippen LogP) is 3.86. The van der Waals surface area contributed by atoms with Crippen molar-refractivity contribution < 1.29 is 14.2 Å². The third-order valence-electron chi connectivity index (χ3n) is 5.34. The minimum Gasteiger partial charge on any atom is -0.326 e. The molecule has 2 bridgehead atoms. The van der Waals surface area contributed by atoms with E-state index >= 15 is 0 Å². The lowest BCUT2D eigenvalue weighted by atomic mass is 9.75. The molecule has 0 aromatic heterocycles. The smallest absolute Gasteiger partial charge is 0.286 e. The molecule has 0 aromatic rings. The number of hydrogen-bond donors (Lipinski definition) is 0. The average Bonchev–Trinajstić information content (AvgIpc) is 2.49. The van der Waals surface area contributed by atoms with E-state index in [0.717, 1.165) is 26.1 Å². The Morgan fingerprint density at radius 1 is 1.00 bits per heavy atom. The van der Waals surface area contributed by atoms with E-state index in [1.807, 2.05) is 0 Å². The van der Waals surface area contributed by atoms with Gasteiger partial charge in [-0.2, -0.15) is 0 Å². The van der Waals surface area contributed by atoms with Gasteiger partial charge in [0.05, 0.1) is 19.3 Å². The average molecular weight is 268 g/mol. The summed E-state index contributed by atoms with van der Waals surface area (Å²) in [5, 5.41) is 0. The highest BCUT2D eigenvalue weighted by Crippen LogP contribution is 2.51. The highest BCUT2D eigenvalue weighted by molar-refractivity contribution is 4.97. The van der Waals surface area contributed by atoms with E-state index in [2.05, 4.69) is 13.8 Å². The number of hydrogen-bond acceptors (Lipinski definition) is 3. The van der Waals surface area contributed by atoms with E-state index in [1.54, 1.807) is 0 Å². The maximum Gasteiger partial charge on any atom is 0.286 e. The van der Waals surface area contributed by atoms with Crippen LogP contribution >= 0.6 is 0 Å². The second-order valence-electron chi connectivity index (χ2n) is 6.64. The first-order valence-corrected chi connectivity index (χ1v) is 8.20. The zero-order valence-electron chi connectivity index (χ0n) is 12.5. The molecule has 4 rings (SSSR count). The van der Waals surface area contributed by atoms with Crippen LogP contribution in [-0.2, 0) is 14.2 Å². The van der Waals surface area contributed by atoms with Crippen LogP contribution in [0.25, 0.3) is 0 Å². The van der Waals surface area contributed by atoms with Crippen molar-refractivity contribution >= 4 is 0 Å². The molecule has 19 heavy (non-hydrogen) atoms. The summed E-state index contributed by atoms with van der Waals surface area (Å²) in [6.45, 7) is 6.13. The molecule has 3 heteroatoms. The third-order valence-corrected chi connectivity index (χ3v) is 5.34. The van der Waals surface area contributed by atoms with Crippen LogP contribution in [0.5, 0.6) is 0 Å². The fourth-order valence-corrected chi connectivity index (χ4v) is 4.26. The second-order valence-corrected chi connectivity index (χ2v) is 6.64. The van der Waals surface area contributed by atoms with Crippen LogP contribution < -0.4 is 0 Å². The summed E-state index contributed by atoms with van der Waals surface area (Å²) in [5.41, 5.74) is 0.111. The predicted molar refractivity (Wildman–Crippen MR) is 73.7 cm³/mol. The molecule has 0 aromatic carbocycles. The van der Waals surface area contributed by atoms with Gasteiger partial charge < -0.3 is 14.2 Å². The fraction of sp³-hybridized carbons (Fsp3) is 1.00. The summed E-state index contributed by atoms with van der Waals surface area (Å²) in [6.07, 6.45) is 10.0. The van der Waals surface area contributed by atoms with Crippen LogP contribution in [0.2, 0.25) is 0 Å². The lowest BCUT2D eigenvalue weighted by molar-refractivity contribution is -0.507. The van der Waals surface area contributed by atoms with Crippen LogP contribution in [0.15, 0.2) is 0 Å². The van der Waals surface area contributed by atoms with E-state index in [-0.39, 0.29) is 5.41 Å². The molecule has 1 atom stereocenters. The van der Waals surface area contributed by atoms with E-state index in [0.29, 0.717) is 12.0 Å². The maximum absolute atomic E-state index is 6.37. The first-order valence-electron chi connectivity index (χ1n) is 8.20. The van der Waals surface area contributed by atoms with Crippen molar-refractivity contribution in [2.45, 2.75) is 77.3 Å². The highest BCUT2D eigenvalue weighted by Gasteiger charge is 2.59. The lowest BCUT2D eigenvalue weighted by Crippen LogP contribution is -2.67. The van der Waals surface area contributed by atoms with Gasteiger partial charge in [0.2, 0.25) is 0 Å². The molecule has 3 nitrogen and oxygen atoms in total. The van der Waals surface area contributed by atoms with Gasteiger partial charge in [-0.15, -0.1) is 0 Å². The molecule has 110 valence electrons. The molecule has 3 saturated heterocycles. The molecule has 0 N–H and O–H groups in total. The van der Waals surface area contributed by atoms with E-state index in [4.69, 9.17) is 14.2 Å². The molecule has 0 spiro atoms. The molecular weight excluding hydrogens is 240 g/mol. The Labute approximate surface area is 117 Å². The van der Waals surface area contributed by atoms with Gasteiger partial charge in [-0.1, -0.05) is 39.5 Å². The minimum absolute atomic E-state index is 0.111. The Kier molecular flexibility index (Phi) is 3.89. The zero-order valence-corrected chi connectivity index (χ0v) is 12.5. The molecule has 0 amide bonds. The first kappa shape index (κ1) is 13.8. The fourth-order valence-electron chi connectivity index (χ4n) is 4.26. The van der Waals surface area contributed by atoms with Crippen LogP contribution in [-0.4, -0.2) is 25.3 Å². The maximum atomic E-state index is 6.37. The van der Waals surface area contributed by atoms with Crippen molar-refractivity contribution in [3.8, 4) is 0 Å². The number of ether oxygens (including phenoxy) is 3. The summed E-state index contributed by atoms with van der Waals surface area (Å²) in [4.78, 5) is 0. The van der Waals surface area contributed by atoms with E-state index in [9.17, 15) is 0 Å². The summed E-state index contributed by atoms with van der Waals surface area (Å²) in [6, 6.07) is 0. The third kappa shape index (κ3) is 2.24. The minimum atomic E-state index is -0.698. The molecule has 1 saturated carbocycles. The monoisotopic (exact) mass is 268 g/mol. The van der Waals surface area contributed by atoms with Crippen LogP contribution in [0.4, 0.5) is 0 Å². The number of fused-ring (bicyclic) bond motifs is 3. The van der Waals surface area contributed by atoms with Crippen LogP contribution in [0.3, 0.4) is 0 Å². The van der Waals surface area contributed by atoms with Crippen molar-refractivity contribution in [3.05, 3.63) is 0 Å². The Morgan fingerprint density at radius 2 is 1.68 bits per heavy atom. The highest BCUT2D eigenvalue weighted by atomic mass is 16.9. The first-order chi connectivity index (χ1) is 9.25. The Balaban J connectivity index is 1.77. The summed E-state index contributed by atoms with van der Waals surface area (Å²) >= 11 is 0. The second kappa shape index (κ2) is 5.34. The van der Waals surface area contributed by atoms with Crippen LogP contribution in [0.1, 0.15) is 65.2 Å². The molecule has 4 fully saturated rings. The van der Waals surface area contributed by atoms with Gasteiger partial charge in [-0.3, -0.25) is 0 Å². The molecular formula is C16H28O3. The SMILES string of the molecule is CCCC12COC(C3CCCCC3)(OC1)OC2CC. The molecule has 1 unspecified atom stereocenters. The van der Waals surface area contributed by atoms with Gasteiger partial charge >= 0.3 is 0 Å². The van der Waals surface area contributed by atoms with Gasteiger partial charge in [0.25, 0.3) is 5.97 Å². The van der Waals surface area contributed by atoms with Crippen molar-refractivity contribution in [1.29, 1.82) is 0 Å². The summed E-state index contributed by atoms with van der Waals surface area (Å²) in [7, 11) is 0. The quantitative estimate of drug-likeness (QED) is 0.775. The van der Waals surface area contributed by atoms with Crippen molar-refractivity contribution in [3.63, 3.8) is 0 Å². The lowest BCUT2D eigenvalue weighted by Gasteiger charge is -2.58. The van der Waals surface area contributed by atoms with Crippen LogP contribution in [0, 0.1) is 11.3 Å². The largest absolute Gasteiger partial charge is 0.326 e. The summed E-state index contributed by atoms with van der Waals surface area (Å²) in [5.74, 6) is -0.258.